The number of halogens is 3. The first-order chi connectivity index (χ1) is 16.8. The molecule has 4 aromatic rings. The standard InChI is InChI=1S/C25H25F3N4O3/c1-14-18(23-30-17(13-34-2)20(35-23)16-11-7-4-8-12-16)24(33)32-22(29-14)19(15-9-5-3-6-10-15)21(31-32)25(26,27)28/h3,5-6,9-10,16,29H,4,7-8,11-13H2,1-2H3. The summed E-state index contributed by atoms with van der Waals surface area (Å²) < 4.78 is 54.0. The molecule has 10 heteroatoms. The normalized spacial score (nSPS) is 15.2. The van der Waals surface area contributed by atoms with Crippen molar-refractivity contribution in [1.82, 2.24) is 19.6 Å². The molecule has 1 fully saturated rings. The lowest BCUT2D eigenvalue weighted by atomic mass is 9.87. The summed E-state index contributed by atoms with van der Waals surface area (Å²) in [7, 11) is 1.55. The number of aromatic amines is 1. The van der Waals surface area contributed by atoms with Crippen LogP contribution in [0.5, 0.6) is 0 Å². The van der Waals surface area contributed by atoms with Crippen molar-refractivity contribution < 1.29 is 22.3 Å². The number of ether oxygens (including phenoxy) is 1. The third-order valence-electron chi connectivity index (χ3n) is 6.50. The number of nitrogens with zero attached hydrogens (tertiary/aromatic N) is 3. The monoisotopic (exact) mass is 486 g/mol. The van der Waals surface area contributed by atoms with Crippen molar-refractivity contribution in [3.8, 4) is 22.6 Å². The van der Waals surface area contributed by atoms with E-state index in [4.69, 9.17) is 9.15 Å². The molecule has 0 spiro atoms. The molecule has 3 aromatic heterocycles. The second kappa shape index (κ2) is 8.99. The molecule has 35 heavy (non-hydrogen) atoms. The Balaban J connectivity index is 1.72. The van der Waals surface area contributed by atoms with Crippen LogP contribution in [0.3, 0.4) is 0 Å². The molecule has 1 aromatic carbocycles. The maximum Gasteiger partial charge on any atom is 0.435 e. The van der Waals surface area contributed by atoms with Gasteiger partial charge in [-0.1, -0.05) is 49.6 Å². The fourth-order valence-corrected chi connectivity index (χ4v) is 4.91. The van der Waals surface area contributed by atoms with Crippen molar-refractivity contribution in [2.75, 3.05) is 7.11 Å². The minimum absolute atomic E-state index is 0.0362. The summed E-state index contributed by atoms with van der Waals surface area (Å²) in [5, 5.41) is 3.70. The third kappa shape index (κ3) is 4.16. The second-order valence-corrected chi connectivity index (χ2v) is 8.88. The van der Waals surface area contributed by atoms with E-state index in [1.54, 1.807) is 44.4 Å². The summed E-state index contributed by atoms with van der Waals surface area (Å²) in [5.41, 5.74) is -0.786. The highest BCUT2D eigenvalue weighted by atomic mass is 19.4. The maximum absolute atomic E-state index is 13.9. The summed E-state index contributed by atoms with van der Waals surface area (Å²) in [5.74, 6) is 0.912. The Bertz CT molecular complexity index is 1410. The van der Waals surface area contributed by atoms with Crippen molar-refractivity contribution in [3.63, 3.8) is 0 Å². The number of rotatable bonds is 5. The van der Waals surface area contributed by atoms with Gasteiger partial charge in [0.05, 0.1) is 12.2 Å². The van der Waals surface area contributed by atoms with Crippen LogP contribution in [0.4, 0.5) is 13.2 Å². The lowest BCUT2D eigenvalue weighted by Crippen LogP contribution is -2.20. The van der Waals surface area contributed by atoms with Crippen LogP contribution in [0, 0.1) is 6.92 Å². The van der Waals surface area contributed by atoms with E-state index < -0.39 is 17.4 Å². The Kier molecular flexibility index (Phi) is 6.00. The molecule has 0 bridgehead atoms. The number of aromatic nitrogens is 4. The van der Waals surface area contributed by atoms with Crippen LogP contribution in [0.1, 0.15) is 60.9 Å². The van der Waals surface area contributed by atoms with Crippen LogP contribution in [-0.4, -0.2) is 26.7 Å². The fourth-order valence-electron chi connectivity index (χ4n) is 4.91. The zero-order chi connectivity index (χ0) is 24.7. The molecule has 0 unspecified atom stereocenters. The number of alkyl halides is 3. The molecule has 0 atom stereocenters. The average molecular weight is 486 g/mol. The summed E-state index contributed by atoms with van der Waals surface area (Å²) in [6, 6.07) is 8.08. The highest BCUT2D eigenvalue weighted by Gasteiger charge is 2.39. The molecule has 1 aliphatic carbocycles. The Hall–Kier alpha value is -3.40. The van der Waals surface area contributed by atoms with Crippen LogP contribution in [0.25, 0.3) is 28.2 Å². The average Bonchev–Trinajstić information content (AvgIpc) is 3.43. The molecule has 184 valence electrons. The van der Waals surface area contributed by atoms with Crippen LogP contribution >= 0.6 is 0 Å². The SMILES string of the molecule is COCc1nc(-c2c(C)[nH]c3c(-c4ccccc4)c(C(F)(F)F)nn3c2=O)oc1C1CCCCC1. The topological polar surface area (TPSA) is 85.4 Å². The molecule has 1 saturated carbocycles. The molecule has 0 radical (unpaired) electrons. The predicted molar refractivity (Wildman–Crippen MR) is 123 cm³/mol. The number of oxazole rings is 1. The Morgan fingerprint density at radius 3 is 2.51 bits per heavy atom. The number of benzene rings is 1. The van der Waals surface area contributed by atoms with Crippen LogP contribution in [-0.2, 0) is 17.5 Å². The molecule has 7 nitrogen and oxygen atoms in total. The maximum atomic E-state index is 13.9. The minimum Gasteiger partial charge on any atom is -0.440 e. The van der Waals surface area contributed by atoms with E-state index in [0.29, 0.717) is 22.7 Å². The first kappa shape index (κ1) is 23.3. The first-order valence-corrected chi connectivity index (χ1v) is 11.6. The number of hydrogen-bond acceptors (Lipinski definition) is 5. The summed E-state index contributed by atoms with van der Waals surface area (Å²) in [6.45, 7) is 1.83. The first-order valence-electron chi connectivity index (χ1n) is 11.6. The summed E-state index contributed by atoms with van der Waals surface area (Å²) in [6.07, 6.45) is 0.469. The van der Waals surface area contributed by atoms with Gasteiger partial charge in [0.25, 0.3) is 5.56 Å². The van der Waals surface area contributed by atoms with Gasteiger partial charge < -0.3 is 14.1 Å². The molecule has 1 N–H and O–H groups in total. The van der Waals surface area contributed by atoms with Gasteiger partial charge in [0.15, 0.2) is 5.69 Å². The molecule has 0 saturated heterocycles. The summed E-state index contributed by atoms with van der Waals surface area (Å²) >= 11 is 0. The number of hydrogen-bond donors (Lipinski definition) is 1. The Morgan fingerprint density at radius 1 is 1.14 bits per heavy atom. The van der Waals surface area contributed by atoms with E-state index in [-0.39, 0.29) is 35.2 Å². The second-order valence-electron chi connectivity index (χ2n) is 8.88. The number of H-pyrrole nitrogens is 1. The van der Waals surface area contributed by atoms with Crippen LogP contribution in [0.2, 0.25) is 0 Å². The molecule has 3 heterocycles. The van der Waals surface area contributed by atoms with E-state index in [2.05, 4.69) is 15.1 Å². The van der Waals surface area contributed by atoms with Crippen molar-refractivity contribution >= 4 is 5.65 Å². The van der Waals surface area contributed by atoms with Gasteiger partial charge in [0.1, 0.15) is 22.7 Å². The van der Waals surface area contributed by atoms with Gasteiger partial charge >= 0.3 is 6.18 Å². The van der Waals surface area contributed by atoms with Gasteiger partial charge in [0, 0.05) is 18.7 Å². The van der Waals surface area contributed by atoms with Crippen LogP contribution in [0.15, 0.2) is 39.5 Å². The van der Waals surface area contributed by atoms with E-state index >= 15 is 0 Å². The highest BCUT2D eigenvalue weighted by molar-refractivity contribution is 5.81. The van der Waals surface area contributed by atoms with Gasteiger partial charge in [-0.25, -0.2) is 4.98 Å². The summed E-state index contributed by atoms with van der Waals surface area (Å²) in [4.78, 5) is 21.0. The molecular weight excluding hydrogens is 461 g/mol. The van der Waals surface area contributed by atoms with Crippen molar-refractivity contribution in [3.05, 3.63) is 63.5 Å². The molecule has 0 amide bonds. The largest absolute Gasteiger partial charge is 0.440 e. The van der Waals surface area contributed by atoms with Crippen LogP contribution < -0.4 is 5.56 Å². The lowest BCUT2D eigenvalue weighted by molar-refractivity contribution is -0.140. The van der Waals surface area contributed by atoms with Crippen molar-refractivity contribution in [2.45, 2.75) is 57.7 Å². The van der Waals surface area contributed by atoms with E-state index in [1.165, 1.54) is 0 Å². The third-order valence-corrected chi connectivity index (χ3v) is 6.50. The predicted octanol–water partition coefficient (Wildman–Crippen LogP) is 5.87. The van der Waals surface area contributed by atoms with Gasteiger partial charge in [-0.05, 0) is 25.3 Å². The minimum atomic E-state index is -4.76. The Labute approximate surface area is 199 Å². The molecular formula is C25H25F3N4O3. The lowest BCUT2D eigenvalue weighted by Gasteiger charge is -2.19. The van der Waals surface area contributed by atoms with Crippen molar-refractivity contribution in [2.24, 2.45) is 0 Å². The van der Waals surface area contributed by atoms with Crippen molar-refractivity contribution in [1.29, 1.82) is 0 Å². The number of aryl methyl sites for hydroxylation is 1. The highest BCUT2D eigenvalue weighted by Crippen LogP contribution is 2.39. The Morgan fingerprint density at radius 2 is 1.86 bits per heavy atom. The van der Waals surface area contributed by atoms with E-state index in [0.717, 1.165) is 36.6 Å². The quantitative estimate of drug-likeness (QED) is 0.382. The van der Waals surface area contributed by atoms with Gasteiger partial charge in [-0.3, -0.25) is 4.79 Å². The van der Waals surface area contributed by atoms with Gasteiger partial charge in [-0.15, -0.1) is 0 Å². The van der Waals surface area contributed by atoms with Gasteiger partial charge in [-0.2, -0.15) is 22.8 Å². The van der Waals surface area contributed by atoms with Gasteiger partial charge in [0.2, 0.25) is 5.89 Å². The molecule has 1 aliphatic rings. The zero-order valence-corrected chi connectivity index (χ0v) is 19.4. The smallest absolute Gasteiger partial charge is 0.435 e. The van der Waals surface area contributed by atoms with E-state index in [1.807, 2.05) is 0 Å². The van der Waals surface area contributed by atoms with E-state index in [9.17, 15) is 18.0 Å². The molecule has 5 rings (SSSR count). The molecule has 0 aliphatic heterocycles. The number of nitrogens with one attached hydrogen (secondary N) is 1. The number of methoxy groups -OCH3 is 1. The fraction of sp³-hybridized carbons (Fsp3) is 0.400. The zero-order valence-electron chi connectivity index (χ0n) is 19.4. The number of fused-ring (bicyclic) bond motifs is 1.